The van der Waals surface area contributed by atoms with Gasteiger partial charge >= 0.3 is 6.09 Å². The van der Waals surface area contributed by atoms with Gasteiger partial charge in [-0.25, -0.2) is 4.79 Å². The van der Waals surface area contributed by atoms with Gasteiger partial charge in [0.05, 0.1) is 19.3 Å². The van der Waals surface area contributed by atoms with Crippen molar-refractivity contribution in [2.75, 3.05) is 13.2 Å². The van der Waals surface area contributed by atoms with E-state index in [9.17, 15) is 4.79 Å². The van der Waals surface area contributed by atoms with Crippen molar-refractivity contribution in [3.63, 3.8) is 0 Å². The first kappa shape index (κ1) is 7.30. The monoisotopic (exact) mass is 147 g/mol. The van der Waals surface area contributed by atoms with Crippen LogP contribution < -0.4 is 5.32 Å². The van der Waals surface area contributed by atoms with Gasteiger partial charge in [0, 0.05) is 0 Å². The number of rotatable bonds is 3. The van der Waals surface area contributed by atoms with Crippen LogP contribution in [0.15, 0.2) is 0 Å². The molecule has 5 nitrogen and oxygen atoms in total. The third kappa shape index (κ3) is 1.85. The SMILES string of the molecule is O=C(O)N[C@@H](CO)[C@@H]1CO1. The van der Waals surface area contributed by atoms with Gasteiger partial charge in [-0.1, -0.05) is 0 Å². The summed E-state index contributed by atoms with van der Waals surface area (Å²) in [5, 5.41) is 18.9. The highest BCUT2D eigenvalue weighted by Crippen LogP contribution is 2.13. The normalized spacial score (nSPS) is 25.5. The summed E-state index contributed by atoms with van der Waals surface area (Å²) in [7, 11) is 0. The number of hydrogen-bond acceptors (Lipinski definition) is 3. The van der Waals surface area contributed by atoms with E-state index in [1.807, 2.05) is 0 Å². The van der Waals surface area contributed by atoms with Crippen molar-refractivity contribution >= 4 is 6.09 Å². The Morgan fingerprint density at radius 1 is 1.90 bits per heavy atom. The second-order valence-electron chi connectivity index (χ2n) is 2.11. The van der Waals surface area contributed by atoms with E-state index in [1.165, 1.54) is 0 Å². The zero-order valence-corrected chi connectivity index (χ0v) is 5.28. The van der Waals surface area contributed by atoms with E-state index in [-0.39, 0.29) is 12.7 Å². The summed E-state index contributed by atoms with van der Waals surface area (Å²) >= 11 is 0. The maximum Gasteiger partial charge on any atom is 0.405 e. The highest BCUT2D eigenvalue weighted by molar-refractivity contribution is 5.65. The summed E-state index contributed by atoms with van der Waals surface area (Å²) in [6, 6.07) is -0.461. The Balaban J connectivity index is 2.25. The molecule has 1 aliphatic rings. The van der Waals surface area contributed by atoms with Crippen molar-refractivity contribution in [3.8, 4) is 0 Å². The van der Waals surface area contributed by atoms with Crippen LogP contribution in [-0.4, -0.2) is 41.7 Å². The fourth-order valence-corrected chi connectivity index (χ4v) is 0.703. The summed E-state index contributed by atoms with van der Waals surface area (Å²) in [6.45, 7) is 0.322. The summed E-state index contributed by atoms with van der Waals surface area (Å²) in [5.41, 5.74) is 0. The minimum absolute atomic E-state index is 0.124. The van der Waals surface area contributed by atoms with Crippen LogP contribution in [0.3, 0.4) is 0 Å². The van der Waals surface area contributed by atoms with Crippen LogP contribution in [0.25, 0.3) is 0 Å². The lowest BCUT2D eigenvalue weighted by molar-refractivity contribution is 0.168. The molecule has 3 N–H and O–H groups in total. The number of hydrogen-bond donors (Lipinski definition) is 3. The van der Waals surface area contributed by atoms with E-state index in [0.29, 0.717) is 6.61 Å². The number of carboxylic acid groups (broad SMARTS) is 1. The molecule has 0 aromatic carbocycles. The number of epoxide rings is 1. The number of carbonyl (C=O) groups is 1. The molecule has 1 saturated heterocycles. The van der Waals surface area contributed by atoms with Crippen molar-refractivity contribution in [3.05, 3.63) is 0 Å². The number of amides is 1. The molecule has 0 saturated carbocycles. The molecular formula is C5H9NO4. The molecule has 0 unspecified atom stereocenters. The smallest absolute Gasteiger partial charge is 0.405 e. The lowest BCUT2D eigenvalue weighted by atomic mass is 10.2. The van der Waals surface area contributed by atoms with E-state index >= 15 is 0 Å². The highest BCUT2D eigenvalue weighted by Gasteiger charge is 2.33. The Kier molecular flexibility index (Phi) is 2.08. The van der Waals surface area contributed by atoms with E-state index < -0.39 is 12.1 Å². The van der Waals surface area contributed by atoms with Crippen molar-refractivity contribution in [2.24, 2.45) is 0 Å². The van der Waals surface area contributed by atoms with Gasteiger partial charge in [-0.05, 0) is 0 Å². The Bertz CT molecular complexity index is 134. The number of aliphatic hydroxyl groups is 1. The molecule has 1 aliphatic heterocycles. The first-order valence-corrected chi connectivity index (χ1v) is 2.96. The van der Waals surface area contributed by atoms with Gasteiger partial charge in [-0.15, -0.1) is 0 Å². The molecule has 1 fully saturated rings. The van der Waals surface area contributed by atoms with Crippen LogP contribution in [0.1, 0.15) is 0 Å². The first-order valence-electron chi connectivity index (χ1n) is 2.96. The summed E-state index contributed by atoms with van der Waals surface area (Å²) < 4.78 is 4.78. The molecule has 5 heteroatoms. The van der Waals surface area contributed by atoms with Crippen molar-refractivity contribution in [2.45, 2.75) is 12.1 Å². The topological polar surface area (TPSA) is 82.1 Å². The van der Waals surface area contributed by atoms with Crippen molar-refractivity contribution < 1.29 is 19.7 Å². The molecule has 0 spiro atoms. The average Bonchev–Trinajstić information content (AvgIpc) is 2.63. The second-order valence-corrected chi connectivity index (χ2v) is 2.11. The quantitative estimate of drug-likeness (QED) is 0.448. The van der Waals surface area contributed by atoms with Crippen LogP contribution in [0.2, 0.25) is 0 Å². The molecule has 0 aromatic heterocycles. The van der Waals surface area contributed by atoms with Gasteiger partial charge in [-0.2, -0.15) is 0 Å². The van der Waals surface area contributed by atoms with Crippen LogP contribution >= 0.6 is 0 Å². The highest BCUT2D eigenvalue weighted by atomic mass is 16.6. The van der Waals surface area contributed by atoms with Gasteiger partial charge in [-0.3, -0.25) is 0 Å². The molecule has 1 heterocycles. The van der Waals surface area contributed by atoms with Crippen LogP contribution in [0.5, 0.6) is 0 Å². The average molecular weight is 147 g/mol. The molecule has 10 heavy (non-hydrogen) atoms. The van der Waals surface area contributed by atoms with Crippen LogP contribution in [0, 0.1) is 0 Å². The maximum atomic E-state index is 10.0. The Morgan fingerprint density at radius 3 is 2.80 bits per heavy atom. The van der Waals surface area contributed by atoms with Gasteiger partial charge in [0.15, 0.2) is 0 Å². The molecule has 58 valence electrons. The standard InChI is InChI=1S/C5H9NO4/c7-1-3(4-2-10-4)6-5(8)9/h3-4,6-7H,1-2H2,(H,8,9)/t3-,4-/m0/s1. The first-order chi connectivity index (χ1) is 4.74. The van der Waals surface area contributed by atoms with Crippen LogP contribution in [0.4, 0.5) is 4.79 Å². The molecule has 0 aromatic rings. The van der Waals surface area contributed by atoms with Gasteiger partial charge in [0.25, 0.3) is 0 Å². The zero-order valence-electron chi connectivity index (χ0n) is 5.28. The number of nitrogens with one attached hydrogen (secondary N) is 1. The van der Waals surface area contributed by atoms with Crippen molar-refractivity contribution in [1.29, 1.82) is 0 Å². The minimum atomic E-state index is -1.13. The summed E-state index contributed by atoms with van der Waals surface area (Å²) in [4.78, 5) is 10.0. The minimum Gasteiger partial charge on any atom is -0.465 e. The summed E-state index contributed by atoms with van der Waals surface area (Å²) in [6.07, 6.45) is -1.25. The zero-order chi connectivity index (χ0) is 7.56. The predicted molar refractivity (Wildman–Crippen MR) is 31.8 cm³/mol. The molecule has 1 amide bonds. The van der Waals surface area contributed by atoms with E-state index in [1.54, 1.807) is 0 Å². The number of aliphatic hydroxyl groups excluding tert-OH is 1. The molecule has 0 aliphatic carbocycles. The lowest BCUT2D eigenvalue weighted by Crippen LogP contribution is -2.40. The molecule has 0 radical (unpaired) electrons. The number of ether oxygens (including phenoxy) is 1. The van der Waals surface area contributed by atoms with E-state index in [4.69, 9.17) is 14.9 Å². The Hall–Kier alpha value is -0.810. The fraction of sp³-hybridized carbons (Fsp3) is 0.800. The van der Waals surface area contributed by atoms with Gasteiger partial charge in [0.1, 0.15) is 6.10 Å². The molecule has 2 atom stereocenters. The molecular weight excluding hydrogens is 138 g/mol. The van der Waals surface area contributed by atoms with E-state index in [2.05, 4.69) is 5.32 Å². The predicted octanol–water partition coefficient (Wildman–Crippen LogP) is -0.986. The molecule has 1 rings (SSSR count). The van der Waals surface area contributed by atoms with Crippen LogP contribution in [-0.2, 0) is 4.74 Å². The molecule has 0 bridgehead atoms. The largest absolute Gasteiger partial charge is 0.465 e. The third-order valence-corrected chi connectivity index (χ3v) is 1.31. The fourth-order valence-electron chi connectivity index (χ4n) is 0.703. The van der Waals surface area contributed by atoms with E-state index in [0.717, 1.165) is 0 Å². The Labute approximate surface area is 57.6 Å². The lowest BCUT2D eigenvalue weighted by Gasteiger charge is -2.09. The van der Waals surface area contributed by atoms with Crippen molar-refractivity contribution in [1.82, 2.24) is 5.32 Å². The van der Waals surface area contributed by atoms with Gasteiger partial charge < -0.3 is 20.3 Å². The summed E-state index contributed by atoms with van der Waals surface area (Å²) in [5.74, 6) is 0. The maximum absolute atomic E-state index is 10.0. The van der Waals surface area contributed by atoms with Gasteiger partial charge in [0.2, 0.25) is 0 Å². The second kappa shape index (κ2) is 2.85. The third-order valence-electron chi connectivity index (χ3n) is 1.31. The Morgan fingerprint density at radius 2 is 2.50 bits per heavy atom.